The summed E-state index contributed by atoms with van der Waals surface area (Å²) in [6.07, 6.45) is 1.29. The van der Waals surface area contributed by atoms with Crippen LogP contribution in [-0.2, 0) is 4.79 Å². The number of nitrogens with one attached hydrogen (secondary N) is 1. The molecule has 0 atom stereocenters. The van der Waals surface area contributed by atoms with Crippen LogP contribution in [0, 0.1) is 22.9 Å². The van der Waals surface area contributed by atoms with Gasteiger partial charge in [0, 0.05) is 21.8 Å². The molecule has 10 nitrogen and oxygen atoms in total. The largest absolute Gasteiger partial charge is 0.477 e. The average Bonchev–Trinajstić information content (AvgIpc) is 2.85. The molecule has 0 aliphatic rings. The lowest BCUT2D eigenvalue weighted by Gasteiger charge is -2.09. The summed E-state index contributed by atoms with van der Waals surface area (Å²) in [6, 6.07) is 14.3. The molecule has 1 amide bonds. The van der Waals surface area contributed by atoms with Crippen LogP contribution in [-0.4, -0.2) is 33.3 Å². The van der Waals surface area contributed by atoms with Crippen molar-refractivity contribution < 1.29 is 18.8 Å². The number of nitrogens with zero attached hydrogens (tertiary/aromatic N) is 4. The summed E-state index contributed by atoms with van der Waals surface area (Å²) in [4.78, 5) is 40.2. The number of carbonyl (C=O) groups excluding carboxylic acids is 1. The number of aryl methyl sites for hydroxylation is 1. The number of benzene rings is 3. The molecule has 0 spiro atoms. The third-order valence-electron chi connectivity index (χ3n) is 4.96. The lowest BCUT2D eigenvalue weighted by Crippen LogP contribution is -2.21. The Labute approximate surface area is 211 Å². The predicted octanol–water partition coefficient (Wildman–Crippen LogP) is 4.41. The molecule has 0 saturated heterocycles. The molecular formula is C24H17BrFN5O5. The smallest absolute Gasteiger partial charge is 0.311 e. The van der Waals surface area contributed by atoms with Gasteiger partial charge in [0.2, 0.25) is 0 Å². The molecule has 0 aliphatic heterocycles. The van der Waals surface area contributed by atoms with Gasteiger partial charge in [-0.2, -0.15) is 9.78 Å². The molecule has 4 aromatic rings. The molecule has 0 fully saturated rings. The number of hydrogen-bond donors (Lipinski definition) is 1. The SMILES string of the molecule is Cc1nc2ccc(Br)cc2c(=O)n1N=Cc1ccc(OCC(=O)Nc2ccc(F)cc2)c([N+](=O)[O-])c1. The summed E-state index contributed by atoms with van der Waals surface area (Å²) in [5.74, 6) is -0.815. The minimum atomic E-state index is -0.656. The third kappa shape index (κ3) is 5.61. The molecule has 36 heavy (non-hydrogen) atoms. The minimum absolute atomic E-state index is 0.128. The Morgan fingerprint density at radius 2 is 1.97 bits per heavy atom. The standard InChI is InChI=1S/C24H17BrFN5O5/c1-14-28-20-8-3-16(25)11-19(20)24(33)30(14)27-12-15-2-9-22(21(10-15)31(34)35)36-13-23(32)29-18-6-4-17(26)5-7-18/h2-12H,13H2,1H3,(H,29,32). The molecule has 1 heterocycles. The van der Waals surface area contributed by atoms with E-state index in [-0.39, 0.29) is 5.75 Å². The van der Waals surface area contributed by atoms with Crippen molar-refractivity contribution in [2.75, 3.05) is 11.9 Å². The van der Waals surface area contributed by atoms with Gasteiger partial charge in [-0.05, 0) is 61.5 Å². The fourth-order valence-corrected chi connectivity index (χ4v) is 3.63. The third-order valence-corrected chi connectivity index (χ3v) is 5.45. The van der Waals surface area contributed by atoms with E-state index in [1.54, 1.807) is 25.1 Å². The molecule has 0 bridgehead atoms. The fraction of sp³-hybridized carbons (Fsp3) is 0.0833. The fourth-order valence-electron chi connectivity index (χ4n) is 3.27. The minimum Gasteiger partial charge on any atom is -0.477 e. The van der Waals surface area contributed by atoms with E-state index < -0.39 is 34.5 Å². The number of fused-ring (bicyclic) bond motifs is 1. The second-order valence-electron chi connectivity index (χ2n) is 7.51. The first-order chi connectivity index (χ1) is 17.2. The van der Waals surface area contributed by atoms with E-state index in [1.807, 2.05) is 0 Å². The summed E-state index contributed by atoms with van der Waals surface area (Å²) < 4.78 is 20.1. The van der Waals surface area contributed by atoms with Gasteiger partial charge in [0.1, 0.15) is 11.6 Å². The predicted molar refractivity (Wildman–Crippen MR) is 135 cm³/mol. The number of amides is 1. The van der Waals surface area contributed by atoms with Crippen LogP contribution in [0.25, 0.3) is 10.9 Å². The Morgan fingerprint density at radius 3 is 2.69 bits per heavy atom. The van der Waals surface area contributed by atoms with Crippen LogP contribution in [0.3, 0.4) is 0 Å². The topological polar surface area (TPSA) is 129 Å². The van der Waals surface area contributed by atoms with Crippen LogP contribution in [0.5, 0.6) is 5.75 Å². The molecule has 12 heteroatoms. The van der Waals surface area contributed by atoms with Crippen LogP contribution >= 0.6 is 15.9 Å². The molecule has 0 radical (unpaired) electrons. The highest BCUT2D eigenvalue weighted by atomic mass is 79.9. The van der Waals surface area contributed by atoms with E-state index >= 15 is 0 Å². The van der Waals surface area contributed by atoms with E-state index in [0.29, 0.717) is 32.5 Å². The first-order valence-corrected chi connectivity index (χ1v) is 11.2. The number of anilines is 1. The van der Waals surface area contributed by atoms with E-state index in [9.17, 15) is 24.1 Å². The van der Waals surface area contributed by atoms with Crippen LogP contribution in [0.15, 0.2) is 75.0 Å². The Bertz CT molecular complexity index is 1570. The number of hydrogen-bond acceptors (Lipinski definition) is 7. The Hall–Kier alpha value is -4.45. The Balaban J connectivity index is 1.53. The van der Waals surface area contributed by atoms with Gasteiger partial charge < -0.3 is 10.1 Å². The highest BCUT2D eigenvalue weighted by Gasteiger charge is 2.17. The molecule has 3 aromatic carbocycles. The second-order valence-corrected chi connectivity index (χ2v) is 8.43. The maximum atomic E-state index is 13.0. The van der Waals surface area contributed by atoms with E-state index in [1.165, 1.54) is 48.7 Å². The number of halogens is 2. The number of ether oxygens (including phenoxy) is 1. The molecule has 1 aromatic heterocycles. The van der Waals surface area contributed by atoms with Gasteiger partial charge in [-0.25, -0.2) is 9.37 Å². The van der Waals surface area contributed by atoms with Crippen molar-refractivity contribution >= 4 is 50.3 Å². The number of carbonyl (C=O) groups is 1. The number of nitro groups is 1. The first-order valence-electron chi connectivity index (χ1n) is 10.4. The zero-order chi connectivity index (χ0) is 25.8. The highest BCUT2D eigenvalue weighted by Crippen LogP contribution is 2.27. The molecule has 4 rings (SSSR count). The molecule has 0 saturated carbocycles. The Morgan fingerprint density at radius 1 is 1.22 bits per heavy atom. The average molecular weight is 554 g/mol. The molecule has 1 N–H and O–H groups in total. The molecular weight excluding hydrogens is 537 g/mol. The molecule has 0 unspecified atom stereocenters. The van der Waals surface area contributed by atoms with Crippen molar-refractivity contribution in [1.82, 2.24) is 9.66 Å². The lowest BCUT2D eigenvalue weighted by atomic mass is 10.2. The normalized spacial score (nSPS) is 11.1. The van der Waals surface area contributed by atoms with Gasteiger partial charge >= 0.3 is 5.69 Å². The summed E-state index contributed by atoms with van der Waals surface area (Å²) in [5, 5.41) is 18.6. The maximum absolute atomic E-state index is 13.0. The van der Waals surface area contributed by atoms with Crippen LogP contribution in [0.4, 0.5) is 15.8 Å². The van der Waals surface area contributed by atoms with Crippen molar-refractivity contribution in [2.24, 2.45) is 5.10 Å². The van der Waals surface area contributed by atoms with Gasteiger partial charge in [-0.1, -0.05) is 15.9 Å². The van der Waals surface area contributed by atoms with Crippen molar-refractivity contribution in [2.45, 2.75) is 6.92 Å². The van der Waals surface area contributed by atoms with E-state index in [4.69, 9.17) is 4.74 Å². The summed E-state index contributed by atoms with van der Waals surface area (Å²) in [7, 11) is 0. The first kappa shape index (κ1) is 24.7. The number of rotatable bonds is 7. The monoisotopic (exact) mass is 553 g/mol. The van der Waals surface area contributed by atoms with E-state index in [2.05, 4.69) is 31.3 Å². The van der Waals surface area contributed by atoms with Crippen molar-refractivity contribution in [3.8, 4) is 5.75 Å². The van der Waals surface area contributed by atoms with Crippen LogP contribution in [0.1, 0.15) is 11.4 Å². The molecule has 0 aliphatic carbocycles. The van der Waals surface area contributed by atoms with E-state index in [0.717, 1.165) is 4.68 Å². The number of nitro benzene ring substituents is 1. The van der Waals surface area contributed by atoms with Gasteiger partial charge in [-0.15, -0.1) is 0 Å². The van der Waals surface area contributed by atoms with Crippen molar-refractivity contribution in [1.29, 1.82) is 0 Å². The van der Waals surface area contributed by atoms with Gasteiger partial charge in [0.25, 0.3) is 11.5 Å². The zero-order valence-corrected chi connectivity index (χ0v) is 20.2. The maximum Gasteiger partial charge on any atom is 0.311 e. The number of aromatic nitrogens is 2. The van der Waals surface area contributed by atoms with Crippen LogP contribution in [0.2, 0.25) is 0 Å². The van der Waals surface area contributed by atoms with Crippen LogP contribution < -0.4 is 15.6 Å². The molecule has 182 valence electrons. The second kappa shape index (κ2) is 10.4. The van der Waals surface area contributed by atoms with Gasteiger partial charge in [0.05, 0.1) is 22.0 Å². The van der Waals surface area contributed by atoms with Crippen molar-refractivity contribution in [3.63, 3.8) is 0 Å². The van der Waals surface area contributed by atoms with Crippen molar-refractivity contribution in [3.05, 3.63) is 103 Å². The quantitative estimate of drug-likeness (QED) is 0.205. The zero-order valence-electron chi connectivity index (χ0n) is 18.6. The highest BCUT2D eigenvalue weighted by molar-refractivity contribution is 9.10. The summed E-state index contributed by atoms with van der Waals surface area (Å²) in [6.45, 7) is 1.12. The summed E-state index contributed by atoms with van der Waals surface area (Å²) >= 11 is 3.33. The lowest BCUT2D eigenvalue weighted by molar-refractivity contribution is -0.385. The summed E-state index contributed by atoms with van der Waals surface area (Å²) in [5.41, 5.74) is 0.417. The van der Waals surface area contributed by atoms with Gasteiger partial charge in [-0.3, -0.25) is 19.7 Å². The Kier molecular flexibility index (Phi) is 7.15. The van der Waals surface area contributed by atoms with Gasteiger partial charge in [0.15, 0.2) is 12.4 Å².